The second kappa shape index (κ2) is 4.72. The molecular formula is C12H22N2O2. The molecule has 0 radical (unpaired) electrons. The molecule has 2 aliphatic rings. The van der Waals surface area contributed by atoms with E-state index in [0.717, 1.165) is 38.5 Å². The highest BCUT2D eigenvalue weighted by Crippen LogP contribution is 2.40. The maximum absolute atomic E-state index is 12.0. The lowest BCUT2D eigenvalue weighted by molar-refractivity contribution is -0.135. The van der Waals surface area contributed by atoms with E-state index in [1.54, 1.807) is 0 Å². The summed E-state index contributed by atoms with van der Waals surface area (Å²) in [6.07, 6.45) is 5.70. The second-order valence-electron chi connectivity index (χ2n) is 5.31. The highest BCUT2D eigenvalue weighted by atomic mass is 16.3. The molecule has 1 amide bonds. The van der Waals surface area contributed by atoms with Crippen molar-refractivity contribution in [3.63, 3.8) is 0 Å². The molecule has 2 unspecified atom stereocenters. The van der Waals surface area contributed by atoms with Crippen molar-refractivity contribution >= 4 is 5.91 Å². The van der Waals surface area contributed by atoms with E-state index in [-0.39, 0.29) is 23.3 Å². The number of carbonyl (C=O) groups is 1. The summed E-state index contributed by atoms with van der Waals surface area (Å²) in [6.45, 7) is 1.06. The molecule has 2 rings (SSSR count). The molecule has 4 N–H and O–H groups in total. The van der Waals surface area contributed by atoms with Crippen LogP contribution in [-0.2, 0) is 4.79 Å². The highest BCUT2D eigenvalue weighted by Gasteiger charge is 2.43. The predicted molar refractivity (Wildman–Crippen MR) is 61.7 cm³/mol. The Balaban J connectivity index is 1.79. The third kappa shape index (κ3) is 2.09. The number of aliphatic hydroxyl groups is 1. The monoisotopic (exact) mass is 226 g/mol. The van der Waals surface area contributed by atoms with Gasteiger partial charge in [0.25, 0.3) is 0 Å². The Labute approximate surface area is 96.6 Å². The van der Waals surface area contributed by atoms with E-state index in [4.69, 9.17) is 5.73 Å². The van der Waals surface area contributed by atoms with Crippen LogP contribution in [-0.4, -0.2) is 30.2 Å². The van der Waals surface area contributed by atoms with Crippen LogP contribution in [0.5, 0.6) is 0 Å². The van der Waals surface area contributed by atoms with Gasteiger partial charge in [-0.25, -0.2) is 0 Å². The van der Waals surface area contributed by atoms with Gasteiger partial charge in [-0.3, -0.25) is 4.79 Å². The Bertz CT molecular complexity index is 258. The Hall–Kier alpha value is -0.610. The van der Waals surface area contributed by atoms with Crippen LogP contribution in [0, 0.1) is 11.3 Å². The molecule has 0 aromatic carbocycles. The standard InChI is InChI=1S/C12H22N2O2/c13-8-12(5-2-6-12)11(16)14-7-9-3-1-4-10(9)15/h9-10,15H,1-8,13H2,(H,14,16). The van der Waals surface area contributed by atoms with Crippen molar-refractivity contribution in [2.24, 2.45) is 17.1 Å². The quantitative estimate of drug-likeness (QED) is 0.649. The number of nitrogens with two attached hydrogens (primary N) is 1. The molecule has 2 fully saturated rings. The molecule has 0 aliphatic heterocycles. The van der Waals surface area contributed by atoms with Crippen LogP contribution in [0.25, 0.3) is 0 Å². The summed E-state index contributed by atoms with van der Waals surface area (Å²) >= 11 is 0. The van der Waals surface area contributed by atoms with E-state index >= 15 is 0 Å². The molecule has 92 valence electrons. The Morgan fingerprint density at radius 2 is 2.12 bits per heavy atom. The molecule has 0 aromatic heterocycles. The van der Waals surface area contributed by atoms with Crippen molar-refractivity contribution in [1.82, 2.24) is 5.32 Å². The van der Waals surface area contributed by atoms with E-state index < -0.39 is 0 Å². The van der Waals surface area contributed by atoms with Gasteiger partial charge >= 0.3 is 0 Å². The SMILES string of the molecule is NCC1(C(=O)NCC2CCCC2O)CCC1. The zero-order valence-corrected chi connectivity index (χ0v) is 9.74. The zero-order chi connectivity index (χ0) is 11.6. The van der Waals surface area contributed by atoms with Crippen LogP contribution in [0.15, 0.2) is 0 Å². The van der Waals surface area contributed by atoms with Crippen molar-refractivity contribution in [2.45, 2.75) is 44.6 Å². The predicted octanol–water partition coefficient (Wildman–Crippen LogP) is 0.393. The largest absolute Gasteiger partial charge is 0.393 e. The first-order valence-electron chi connectivity index (χ1n) is 6.34. The lowest BCUT2D eigenvalue weighted by atomic mass is 9.68. The summed E-state index contributed by atoms with van der Waals surface area (Å²) in [5.41, 5.74) is 5.38. The van der Waals surface area contributed by atoms with E-state index in [2.05, 4.69) is 5.32 Å². The Morgan fingerprint density at radius 1 is 1.38 bits per heavy atom. The number of amides is 1. The van der Waals surface area contributed by atoms with E-state index in [0.29, 0.717) is 13.1 Å². The molecule has 0 heterocycles. The maximum atomic E-state index is 12.0. The van der Waals surface area contributed by atoms with Crippen molar-refractivity contribution in [3.05, 3.63) is 0 Å². The molecule has 2 saturated carbocycles. The van der Waals surface area contributed by atoms with Gasteiger partial charge in [-0.1, -0.05) is 12.8 Å². The van der Waals surface area contributed by atoms with Crippen molar-refractivity contribution in [1.29, 1.82) is 0 Å². The Kier molecular flexibility index (Phi) is 3.50. The molecule has 0 bridgehead atoms. The summed E-state index contributed by atoms with van der Waals surface area (Å²) in [4.78, 5) is 12.0. The fourth-order valence-corrected chi connectivity index (χ4v) is 2.79. The van der Waals surface area contributed by atoms with Crippen LogP contribution in [0.4, 0.5) is 0 Å². The molecular weight excluding hydrogens is 204 g/mol. The molecule has 0 aromatic rings. The first-order valence-corrected chi connectivity index (χ1v) is 6.34. The molecule has 0 spiro atoms. The molecule has 4 heteroatoms. The normalized spacial score (nSPS) is 32.1. The van der Waals surface area contributed by atoms with Crippen LogP contribution in [0.1, 0.15) is 38.5 Å². The molecule has 16 heavy (non-hydrogen) atoms. The van der Waals surface area contributed by atoms with Gasteiger partial charge in [-0.2, -0.15) is 0 Å². The smallest absolute Gasteiger partial charge is 0.227 e. The third-order valence-electron chi connectivity index (χ3n) is 4.33. The van der Waals surface area contributed by atoms with Gasteiger partial charge in [0.05, 0.1) is 11.5 Å². The summed E-state index contributed by atoms with van der Waals surface area (Å²) in [5, 5.41) is 12.6. The summed E-state index contributed by atoms with van der Waals surface area (Å²) in [6, 6.07) is 0. The fourth-order valence-electron chi connectivity index (χ4n) is 2.79. The average molecular weight is 226 g/mol. The average Bonchev–Trinajstić information content (AvgIpc) is 2.60. The summed E-state index contributed by atoms with van der Waals surface area (Å²) in [7, 11) is 0. The van der Waals surface area contributed by atoms with E-state index in [1.807, 2.05) is 0 Å². The molecule has 0 saturated heterocycles. The summed E-state index contributed by atoms with van der Waals surface area (Å²) < 4.78 is 0. The first-order chi connectivity index (χ1) is 7.68. The van der Waals surface area contributed by atoms with E-state index in [1.165, 1.54) is 0 Å². The Morgan fingerprint density at radius 3 is 2.56 bits per heavy atom. The van der Waals surface area contributed by atoms with Gasteiger partial charge in [0.1, 0.15) is 0 Å². The van der Waals surface area contributed by atoms with Gasteiger partial charge in [-0.05, 0) is 25.7 Å². The number of hydrogen-bond donors (Lipinski definition) is 3. The highest BCUT2D eigenvalue weighted by molar-refractivity contribution is 5.83. The third-order valence-corrected chi connectivity index (χ3v) is 4.33. The minimum atomic E-state index is -0.288. The number of rotatable bonds is 4. The van der Waals surface area contributed by atoms with Gasteiger partial charge in [-0.15, -0.1) is 0 Å². The van der Waals surface area contributed by atoms with Crippen LogP contribution in [0.2, 0.25) is 0 Å². The molecule has 2 aliphatic carbocycles. The maximum Gasteiger partial charge on any atom is 0.227 e. The van der Waals surface area contributed by atoms with Gasteiger partial charge in [0.2, 0.25) is 5.91 Å². The topological polar surface area (TPSA) is 75.4 Å². The number of hydrogen-bond acceptors (Lipinski definition) is 3. The lowest BCUT2D eigenvalue weighted by Gasteiger charge is -2.39. The number of nitrogens with one attached hydrogen (secondary N) is 1. The van der Waals surface area contributed by atoms with E-state index in [9.17, 15) is 9.90 Å². The van der Waals surface area contributed by atoms with Gasteiger partial charge in [0, 0.05) is 19.0 Å². The van der Waals surface area contributed by atoms with Gasteiger partial charge in [0.15, 0.2) is 0 Å². The number of carbonyl (C=O) groups excluding carboxylic acids is 1. The van der Waals surface area contributed by atoms with Crippen LogP contribution >= 0.6 is 0 Å². The second-order valence-corrected chi connectivity index (χ2v) is 5.31. The fraction of sp³-hybridized carbons (Fsp3) is 0.917. The minimum Gasteiger partial charge on any atom is -0.393 e. The van der Waals surface area contributed by atoms with Crippen molar-refractivity contribution in [2.75, 3.05) is 13.1 Å². The van der Waals surface area contributed by atoms with Crippen LogP contribution < -0.4 is 11.1 Å². The lowest BCUT2D eigenvalue weighted by Crippen LogP contribution is -2.51. The van der Waals surface area contributed by atoms with Gasteiger partial charge < -0.3 is 16.2 Å². The summed E-state index contributed by atoms with van der Waals surface area (Å²) in [5.74, 6) is 0.346. The van der Waals surface area contributed by atoms with Crippen LogP contribution in [0.3, 0.4) is 0 Å². The molecule has 4 nitrogen and oxygen atoms in total. The van der Waals surface area contributed by atoms with Crippen molar-refractivity contribution in [3.8, 4) is 0 Å². The first kappa shape index (κ1) is 11.9. The van der Waals surface area contributed by atoms with Crippen molar-refractivity contribution < 1.29 is 9.90 Å². The molecule has 2 atom stereocenters. The zero-order valence-electron chi connectivity index (χ0n) is 9.74. The number of aliphatic hydroxyl groups excluding tert-OH is 1. The minimum absolute atomic E-state index is 0.0975.